The number of halogens is 1. The molecule has 0 radical (unpaired) electrons. The van der Waals surface area contributed by atoms with Gasteiger partial charge in [0.25, 0.3) is 0 Å². The Morgan fingerprint density at radius 1 is 1.32 bits per heavy atom. The summed E-state index contributed by atoms with van der Waals surface area (Å²) in [5.41, 5.74) is 2.19. The van der Waals surface area contributed by atoms with Crippen molar-refractivity contribution in [3.05, 3.63) is 23.2 Å². The molecule has 0 unspecified atom stereocenters. The summed E-state index contributed by atoms with van der Waals surface area (Å²) in [5.74, 6) is 0. The highest BCUT2D eigenvalue weighted by atomic mass is 35.5. The number of rotatable bonds is 4. The standard InChI is InChI=1S/C15H24ClN3/c1-4-19-9-7-12(8-10-19)17-13-5-6-15(18(2)3)14(16)11-13/h5-6,11-12,17H,4,7-10H2,1-3H3. The summed E-state index contributed by atoms with van der Waals surface area (Å²) in [6.07, 6.45) is 2.42. The van der Waals surface area contributed by atoms with Gasteiger partial charge >= 0.3 is 0 Å². The molecule has 1 saturated heterocycles. The van der Waals surface area contributed by atoms with E-state index in [2.05, 4.69) is 29.3 Å². The monoisotopic (exact) mass is 281 g/mol. The summed E-state index contributed by atoms with van der Waals surface area (Å²) in [7, 11) is 4.02. The molecular weight excluding hydrogens is 258 g/mol. The molecule has 1 aliphatic heterocycles. The molecule has 2 rings (SSSR count). The van der Waals surface area contributed by atoms with E-state index in [9.17, 15) is 0 Å². The van der Waals surface area contributed by atoms with Crippen LogP contribution in [0.5, 0.6) is 0 Å². The van der Waals surface area contributed by atoms with E-state index in [0.29, 0.717) is 6.04 Å². The number of piperidine rings is 1. The van der Waals surface area contributed by atoms with Gasteiger partial charge in [0.15, 0.2) is 0 Å². The molecule has 0 spiro atoms. The van der Waals surface area contributed by atoms with Gasteiger partial charge in [-0.2, -0.15) is 0 Å². The maximum Gasteiger partial charge on any atom is 0.0659 e. The number of hydrogen-bond acceptors (Lipinski definition) is 3. The van der Waals surface area contributed by atoms with Crippen LogP contribution in [0, 0.1) is 0 Å². The third kappa shape index (κ3) is 3.77. The second-order valence-electron chi connectivity index (χ2n) is 5.41. The van der Waals surface area contributed by atoms with Gasteiger partial charge in [-0.3, -0.25) is 0 Å². The molecule has 0 atom stereocenters. The van der Waals surface area contributed by atoms with E-state index >= 15 is 0 Å². The first-order chi connectivity index (χ1) is 9.10. The van der Waals surface area contributed by atoms with Crippen molar-refractivity contribution in [2.75, 3.05) is 43.9 Å². The first-order valence-electron chi connectivity index (χ1n) is 7.06. The van der Waals surface area contributed by atoms with Crippen LogP contribution in [0.2, 0.25) is 5.02 Å². The molecule has 1 fully saturated rings. The van der Waals surface area contributed by atoms with Crippen LogP contribution in [0.15, 0.2) is 18.2 Å². The van der Waals surface area contributed by atoms with Crippen molar-refractivity contribution >= 4 is 23.0 Å². The molecule has 0 aromatic heterocycles. The number of likely N-dealkylation sites (tertiary alicyclic amines) is 1. The van der Waals surface area contributed by atoms with Gasteiger partial charge in [0.2, 0.25) is 0 Å². The van der Waals surface area contributed by atoms with Crippen molar-refractivity contribution in [2.24, 2.45) is 0 Å². The molecular formula is C15H24ClN3. The summed E-state index contributed by atoms with van der Waals surface area (Å²) in [6, 6.07) is 6.80. The predicted molar refractivity (Wildman–Crippen MR) is 84.5 cm³/mol. The van der Waals surface area contributed by atoms with Gasteiger partial charge in [-0.15, -0.1) is 0 Å². The highest BCUT2D eigenvalue weighted by Gasteiger charge is 2.17. The third-order valence-electron chi connectivity index (χ3n) is 3.84. The van der Waals surface area contributed by atoms with Crippen LogP contribution in [0.1, 0.15) is 19.8 Å². The Labute approximate surface area is 121 Å². The zero-order valence-corrected chi connectivity index (χ0v) is 12.9. The van der Waals surface area contributed by atoms with Gasteiger partial charge in [-0.05, 0) is 37.6 Å². The Bertz CT molecular complexity index is 412. The third-order valence-corrected chi connectivity index (χ3v) is 4.14. The van der Waals surface area contributed by atoms with Gasteiger partial charge in [-0.1, -0.05) is 18.5 Å². The maximum absolute atomic E-state index is 6.30. The molecule has 1 aromatic rings. The van der Waals surface area contributed by atoms with Gasteiger partial charge < -0.3 is 15.1 Å². The molecule has 1 heterocycles. The number of nitrogens with zero attached hydrogens (tertiary/aromatic N) is 2. The summed E-state index contributed by atoms with van der Waals surface area (Å²) < 4.78 is 0. The fraction of sp³-hybridized carbons (Fsp3) is 0.600. The predicted octanol–water partition coefficient (Wildman–Crippen LogP) is 3.30. The van der Waals surface area contributed by atoms with Crippen LogP contribution < -0.4 is 10.2 Å². The summed E-state index contributed by atoms with van der Waals surface area (Å²) >= 11 is 6.30. The average molecular weight is 282 g/mol. The summed E-state index contributed by atoms with van der Waals surface area (Å²) in [4.78, 5) is 4.53. The van der Waals surface area contributed by atoms with Crippen LogP contribution in [0.4, 0.5) is 11.4 Å². The van der Waals surface area contributed by atoms with Crippen LogP contribution in [-0.4, -0.2) is 44.7 Å². The highest BCUT2D eigenvalue weighted by Crippen LogP contribution is 2.28. The molecule has 4 heteroatoms. The van der Waals surface area contributed by atoms with E-state index in [1.165, 1.54) is 25.9 Å². The Hall–Kier alpha value is -0.930. The Morgan fingerprint density at radius 2 is 2.00 bits per heavy atom. The van der Waals surface area contributed by atoms with Gasteiger partial charge in [-0.25, -0.2) is 0 Å². The highest BCUT2D eigenvalue weighted by molar-refractivity contribution is 6.33. The quantitative estimate of drug-likeness (QED) is 0.914. The zero-order valence-electron chi connectivity index (χ0n) is 12.1. The second kappa shape index (κ2) is 6.49. The largest absolute Gasteiger partial charge is 0.382 e. The molecule has 106 valence electrons. The Kier molecular flexibility index (Phi) is 4.94. The minimum Gasteiger partial charge on any atom is -0.382 e. The van der Waals surface area contributed by atoms with Crippen molar-refractivity contribution in [3.8, 4) is 0 Å². The van der Waals surface area contributed by atoms with E-state index in [-0.39, 0.29) is 0 Å². The number of hydrogen-bond donors (Lipinski definition) is 1. The van der Waals surface area contributed by atoms with E-state index in [1.807, 2.05) is 25.1 Å². The van der Waals surface area contributed by atoms with Gasteiger partial charge in [0.1, 0.15) is 0 Å². The van der Waals surface area contributed by atoms with Crippen molar-refractivity contribution < 1.29 is 0 Å². The molecule has 1 N–H and O–H groups in total. The Morgan fingerprint density at radius 3 is 2.53 bits per heavy atom. The van der Waals surface area contributed by atoms with Crippen molar-refractivity contribution in [3.63, 3.8) is 0 Å². The zero-order chi connectivity index (χ0) is 13.8. The van der Waals surface area contributed by atoms with Gasteiger partial charge in [0, 0.05) is 38.9 Å². The normalized spacial score (nSPS) is 17.5. The maximum atomic E-state index is 6.30. The second-order valence-corrected chi connectivity index (χ2v) is 5.82. The molecule has 3 nitrogen and oxygen atoms in total. The van der Waals surface area contributed by atoms with E-state index in [4.69, 9.17) is 11.6 Å². The lowest BCUT2D eigenvalue weighted by Gasteiger charge is -2.32. The molecule has 1 aromatic carbocycles. The summed E-state index contributed by atoms with van der Waals surface area (Å²) in [6.45, 7) is 5.78. The van der Waals surface area contributed by atoms with Crippen molar-refractivity contribution in [2.45, 2.75) is 25.8 Å². The minimum absolute atomic E-state index is 0.573. The fourth-order valence-corrected chi connectivity index (χ4v) is 2.94. The molecule has 1 aliphatic rings. The topological polar surface area (TPSA) is 18.5 Å². The van der Waals surface area contributed by atoms with Crippen LogP contribution in [-0.2, 0) is 0 Å². The molecule has 19 heavy (non-hydrogen) atoms. The lowest BCUT2D eigenvalue weighted by molar-refractivity contribution is 0.229. The van der Waals surface area contributed by atoms with E-state index in [1.54, 1.807) is 0 Å². The SMILES string of the molecule is CCN1CCC(Nc2ccc(N(C)C)c(Cl)c2)CC1. The summed E-state index contributed by atoms with van der Waals surface area (Å²) in [5, 5.41) is 4.41. The molecule has 0 amide bonds. The molecule has 0 saturated carbocycles. The first kappa shape index (κ1) is 14.5. The van der Waals surface area contributed by atoms with Crippen molar-refractivity contribution in [1.29, 1.82) is 0 Å². The van der Waals surface area contributed by atoms with E-state index in [0.717, 1.165) is 22.9 Å². The number of benzene rings is 1. The van der Waals surface area contributed by atoms with Crippen LogP contribution in [0.3, 0.4) is 0 Å². The lowest BCUT2D eigenvalue weighted by atomic mass is 10.0. The molecule has 0 aliphatic carbocycles. The van der Waals surface area contributed by atoms with Gasteiger partial charge in [0.05, 0.1) is 10.7 Å². The van der Waals surface area contributed by atoms with Crippen LogP contribution >= 0.6 is 11.6 Å². The van der Waals surface area contributed by atoms with Crippen LogP contribution in [0.25, 0.3) is 0 Å². The number of nitrogens with one attached hydrogen (secondary N) is 1. The lowest BCUT2D eigenvalue weighted by Crippen LogP contribution is -2.38. The minimum atomic E-state index is 0.573. The van der Waals surface area contributed by atoms with E-state index < -0.39 is 0 Å². The fourth-order valence-electron chi connectivity index (χ4n) is 2.59. The molecule has 0 bridgehead atoms. The average Bonchev–Trinajstić information content (AvgIpc) is 2.39. The first-order valence-corrected chi connectivity index (χ1v) is 7.43. The Balaban J connectivity index is 1.95. The van der Waals surface area contributed by atoms with Crippen molar-refractivity contribution in [1.82, 2.24) is 4.90 Å². The smallest absolute Gasteiger partial charge is 0.0659 e. The number of anilines is 2.